The lowest BCUT2D eigenvalue weighted by Crippen LogP contribution is -1.99. The van der Waals surface area contributed by atoms with E-state index in [0.29, 0.717) is 23.5 Å². The van der Waals surface area contributed by atoms with Crippen molar-refractivity contribution in [1.82, 2.24) is 4.57 Å². The van der Waals surface area contributed by atoms with Crippen LogP contribution in [0.25, 0.3) is 16.6 Å². The Morgan fingerprint density at radius 1 is 1.07 bits per heavy atom. The Morgan fingerprint density at radius 2 is 1.83 bits per heavy atom. The van der Waals surface area contributed by atoms with E-state index < -0.39 is 0 Å². The highest BCUT2D eigenvalue weighted by molar-refractivity contribution is 9.10. The summed E-state index contributed by atoms with van der Waals surface area (Å²) in [6.07, 6.45) is 0. The summed E-state index contributed by atoms with van der Waals surface area (Å²) >= 11 is 3.60. The third kappa shape index (κ3) is 3.52. The predicted octanol–water partition coefficient (Wildman–Crippen LogP) is 6.60. The van der Waals surface area contributed by atoms with Gasteiger partial charge in [-0.3, -0.25) is 0 Å². The summed E-state index contributed by atoms with van der Waals surface area (Å²) in [5.74, 6) is 0.423. The largest absolute Gasteiger partial charge is 0.488 e. The minimum absolute atomic E-state index is 0.249. The van der Waals surface area contributed by atoms with Crippen molar-refractivity contribution in [3.63, 3.8) is 0 Å². The topological polar surface area (TPSA) is 38.0 Å². The second kappa shape index (κ2) is 7.73. The quantitative estimate of drug-likeness (QED) is 0.352. The normalized spacial score (nSPS) is 10.9. The molecule has 0 unspecified atom stereocenters. The highest BCUT2D eigenvalue weighted by Crippen LogP contribution is 2.37. The third-order valence-corrected chi connectivity index (χ3v) is 5.63. The third-order valence-electron chi connectivity index (χ3n) is 5.01. The fraction of sp³-hybridized carbons (Fsp3) is 0.125. The number of rotatable bonds is 4. The zero-order valence-corrected chi connectivity index (χ0v) is 17.6. The number of aryl methyl sites for hydroxylation is 1. The molecular formula is C24H18BrFN2O. The van der Waals surface area contributed by atoms with Gasteiger partial charge in [0.25, 0.3) is 0 Å². The zero-order chi connectivity index (χ0) is 20.5. The summed E-state index contributed by atoms with van der Waals surface area (Å²) in [6.45, 7) is 4.07. The number of benzene rings is 3. The maximum atomic E-state index is 13.8. The van der Waals surface area contributed by atoms with Gasteiger partial charge in [0.15, 0.2) is 0 Å². The smallest absolute Gasteiger partial charge is 0.134 e. The Morgan fingerprint density at radius 3 is 2.52 bits per heavy atom. The van der Waals surface area contributed by atoms with E-state index >= 15 is 0 Å². The number of halogens is 2. The average molecular weight is 449 g/mol. The minimum atomic E-state index is -0.249. The monoisotopic (exact) mass is 448 g/mol. The van der Waals surface area contributed by atoms with Crippen molar-refractivity contribution in [2.75, 3.05) is 0 Å². The first kappa shape index (κ1) is 19.2. The van der Waals surface area contributed by atoms with Gasteiger partial charge in [-0.2, -0.15) is 5.26 Å². The summed E-state index contributed by atoms with van der Waals surface area (Å²) in [5.41, 5.74) is 4.70. The number of fused-ring (bicyclic) bond motifs is 1. The Balaban J connectivity index is 1.83. The summed E-state index contributed by atoms with van der Waals surface area (Å²) in [4.78, 5) is 0. The van der Waals surface area contributed by atoms with Gasteiger partial charge in [0.05, 0.1) is 15.6 Å². The molecule has 144 valence electrons. The first-order valence-corrected chi connectivity index (χ1v) is 9.97. The van der Waals surface area contributed by atoms with Crippen LogP contribution < -0.4 is 4.74 Å². The van der Waals surface area contributed by atoms with Crippen LogP contribution in [0.15, 0.2) is 65.1 Å². The Kier molecular flexibility index (Phi) is 5.12. The zero-order valence-electron chi connectivity index (χ0n) is 16.0. The van der Waals surface area contributed by atoms with Crippen LogP contribution >= 0.6 is 15.9 Å². The van der Waals surface area contributed by atoms with Crippen molar-refractivity contribution in [2.45, 2.75) is 20.5 Å². The van der Waals surface area contributed by atoms with Crippen LogP contribution in [0.4, 0.5) is 4.39 Å². The van der Waals surface area contributed by atoms with Gasteiger partial charge in [-0.1, -0.05) is 30.3 Å². The van der Waals surface area contributed by atoms with E-state index in [1.807, 2.05) is 54.0 Å². The molecule has 0 atom stereocenters. The number of ether oxygens (including phenoxy) is 1. The van der Waals surface area contributed by atoms with Crippen molar-refractivity contribution in [2.24, 2.45) is 0 Å². The maximum Gasteiger partial charge on any atom is 0.134 e. The van der Waals surface area contributed by atoms with Gasteiger partial charge in [-0.15, -0.1) is 0 Å². The molecule has 0 N–H and O–H groups in total. The van der Waals surface area contributed by atoms with Crippen LogP contribution in [0.1, 0.15) is 22.4 Å². The summed E-state index contributed by atoms with van der Waals surface area (Å²) in [7, 11) is 0. The molecule has 4 rings (SSSR count). The minimum Gasteiger partial charge on any atom is -0.488 e. The SMILES string of the molecule is Cc1cc(-n2c(C)c(C#N)c3cc(OCc4ccccc4)c(Br)cc32)ccc1F. The highest BCUT2D eigenvalue weighted by Gasteiger charge is 2.18. The molecule has 1 heterocycles. The molecule has 0 saturated carbocycles. The molecule has 0 aliphatic carbocycles. The van der Waals surface area contributed by atoms with Crippen LogP contribution in [-0.2, 0) is 6.61 Å². The number of hydrogen-bond acceptors (Lipinski definition) is 2. The molecule has 3 nitrogen and oxygen atoms in total. The number of hydrogen-bond donors (Lipinski definition) is 0. The molecule has 4 aromatic rings. The van der Waals surface area contributed by atoms with Gasteiger partial charge in [-0.05, 0) is 71.2 Å². The molecule has 0 saturated heterocycles. The molecule has 0 aliphatic heterocycles. The maximum absolute atomic E-state index is 13.8. The van der Waals surface area contributed by atoms with Gasteiger partial charge in [0.2, 0.25) is 0 Å². The van der Waals surface area contributed by atoms with E-state index in [9.17, 15) is 9.65 Å². The van der Waals surface area contributed by atoms with Crippen molar-refractivity contribution < 1.29 is 9.13 Å². The number of aromatic nitrogens is 1. The van der Waals surface area contributed by atoms with Crippen LogP contribution in [0.2, 0.25) is 0 Å². The van der Waals surface area contributed by atoms with Gasteiger partial charge in [0, 0.05) is 16.8 Å². The van der Waals surface area contributed by atoms with Crippen LogP contribution in [0.5, 0.6) is 5.75 Å². The summed E-state index contributed by atoms with van der Waals surface area (Å²) < 4.78 is 22.5. The Labute approximate surface area is 177 Å². The second-order valence-electron chi connectivity index (χ2n) is 6.92. The fourth-order valence-electron chi connectivity index (χ4n) is 3.50. The van der Waals surface area contributed by atoms with E-state index in [2.05, 4.69) is 22.0 Å². The van der Waals surface area contributed by atoms with Gasteiger partial charge in [-0.25, -0.2) is 4.39 Å². The molecule has 0 fully saturated rings. The lowest BCUT2D eigenvalue weighted by molar-refractivity contribution is 0.304. The molecule has 0 radical (unpaired) electrons. The van der Waals surface area contributed by atoms with Crippen molar-refractivity contribution in [1.29, 1.82) is 5.26 Å². The van der Waals surface area contributed by atoms with Crippen molar-refractivity contribution in [3.8, 4) is 17.5 Å². The fourth-order valence-corrected chi connectivity index (χ4v) is 3.95. The number of nitriles is 1. The van der Waals surface area contributed by atoms with E-state index in [1.165, 1.54) is 6.07 Å². The molecule has 0 amide bonds. The molecule has 0 spiro atoms. The van der Waals surface area contributed by atoms with Gasteiger partial charge >= 0.3 is 0 Å². The van der Waals surface area contributed by atoms with E-state index in [1.54, 1.807) is 19.1 Å². The van der Waals surface area contributed by atoms with Crippen molar-refractivity contribution in [3.05, 3.63) is 93.3 Å². The Bertz CT molecular complexity index is 1260. The molecule has 5 heteroatoms. The average Bonchev–Trinajstić information content (AvgIpc) is 2.99. The van der Waals surface area contributed by atoms with E-state index in [4.69, 9.17) is 4.74 Å². The molecule has 0 aliphatic rings. The molecule has 1 aromatic heterocycles. The van der Waals surface area contributed by atoms with Crippen LogP contribution in [-0.4, -0.2) is 4.57 Å². The standard InChI is InChI=1S/C24H18BrFN2O/c1-15-10-18(8-9-22(15)26)28-16(2)20(13-27)19-11-24(21(25)12-23(19)28)29-14-17-6-4-3-5-7-17/h3-12H,14H2,1-2H3. The van der Waals surface area contributed by atoms with Crippen LogP contribution in [0.3, 0.4) is 0 Å². The van der Waals surface area contributed by atoms with Gasteiger partial charge in [0.1, 0.15) is 24.2 Å². The molecule has 3 aromatic carbocycles. The summed E-state index contributed by atoms with van der Waals surface area (Å²) in [5, 5.41) is 10.6. The van der Waals surface area contributed by atoms with E-state index in [-0.39, 0.29) is 5.82 Å². The second-order valence-corrected chi connectivity index (χ2v) is 7.77. The predicted molar refractivity (Wildman–Crippen MR) is 116 cm³/mol. The van der Waals surface area contributed by atoms with E-state index in [0.717, 1.165) is 32.3 Å². The van der Waals surface area contributed by atoms with Crippen LogP contribution in [0, 0.1) is 31.0 Å². The molecule has 0 bridgehead atoms. The first-order valence-electron chi connectivity index (χ1n) is 9.17. The van der Waals surface area contributed by atoms with Crippen molar-refractivity contribution >= 4 is 26.8 Å². The lowest BCUT2D eigenvalue weighted by atomic mass is 10.1. The molecule has 29 heavy (non-hydrogen) atoms. The Hall–Kier alpha value is -3.10. The first-order chi connectivity index (χ1) is 14.0. The van der Waals surface area contributed by atoms with Gasteiger partial charge < -0.3 is 9.30 Å². The molecular weight excluding hydrogens is 431 g/mol. The summed E-state index contributed by atoms with van der Waals surface area (Å²) in [6, 6.07) is 21.0. The highest BCUT2D eigenvalue weighted by atomic mass is 79.9. The lowest BCUT2D eigenvalue weighted by Gasteiger charge is -2.12. The number of nitrogens with zero attached hydrogens (tertiary/aromatic N) is 2.